The van der Waals surface area contributed by atoms with Crippen LogP contribution in [-0.4, -0.2) is 9.97 Å². The Morgan fingerprint density at radius 2 is 1.62 bits per heavy atom. The van der Waals surface area contributed by atoms with E-state index >= 15 is 0 Å². The van der Waals surface area contributed by atoms with E-state index in [4.69, 9.17) is 4.74 Å². The number of nitrogens with zero attached hydrogens (tertiary/aromatic N) is 2. The number of aryl methyl sites for hydroxylation is 1. The number of aromatic nitrogens is 2. The molecule has 0 bridgehead atoms. The molecule has 1 aromatic heterocycles. The average molecular weight is 382 g/mol. The second kappa shape index (κ2) is 8.89. The third-order valence-electron chi connectivity index (χ3n) is 4.29. The van der Waals surface area contributed by atoms with Crippen molar-refractivity contribution in [2.75, 3.05) is 10.6 Å². The molecule has 4 aromatic rings. The Morgan fingerprint density at radius 3 is 2.41 bits per heavy atom. The lowest BCUT2D eigenvalue weighted by atomic mass is 10.1. The predicted molar refractivity (Wildman–Crippen MR) is 117 cm³/mol. The minimum atomic E-state index is 0.584. The van der Waals surface area contributed by atoms with Crippen LogP contribution in [0.4, 0.5) is 17.5 Å². The highest BCUT2D eigenvalue weighted by Gasteiger charge is 2.02. The Hall–Kier alpha value is -3.86. The third kappa shape index (κ3) is 5.32. The summed E-state index contributed by atoms with van der Waals surface area (Å²) >= 11 is 0. The normalized spacial score (nSPS) is 10.4. The molecule has 0 saturated heterocycles. The first kappa shape index (κ1) is 18.5. The summed E-state index contributed by atoms with van der Waals surface area (Å²) in [6.45, 7) is 2.76. The van der Waals surface area contributed by atoms with Crippen LogP contribution < -0.4 is 15.4 Å². The van der Waals surface area contributed by atoms with Crippen molar-refractivity contribution in [3.05, 3.63) is 102 Å². The monoisotopic (exact) mass is 382 g/mol. The van der Waals surface area contributed by atoms with Crippen molar-refractivity contribution in [1.82, 2.24) is 9.97 Å². The molecule has 0 amide bonds. The molecule has 0 aliphatic heterocycles. The highest BCUT2D eigenvalue weighted by atomic mass is 16.5. The highest BCUT2D eigenvalue weighted by Crippen LogP contribution is 2.24. The first-order chi connectivity index (χ1) is 14.2. The quantitative estimate of drug-likeness (QED) is 0.415. The molecule has 2 N–H and O–H groups in total. The van der Waals surface area contributed by atoms with Crippen molar-refractivity contribution >= 4 is 17.5 Å². The van der Waals surface area contributed by atoms with Gasteiger partial charge in [-0.05, 0) is 55.0 Å². The van der Waals surface area contributed by atoms with E-state index in [1.54, 1.807) is 6.20 Å². The Bertz CT molecular complexity index is 1070. The minimum Gasteiger partial charge on any atom is -0.457 e. The number of anilines is 3. The maximum absolute atomic E-state index is 5.82. The van der Waals surface area contributed by atoms with Crippen molar-refractivity contribution in [1.29, 1.82) is 0 Å². The van der Waals surface area contributed by atoms with Gasteiger partial charge in [-0.25, -0.2) is 4.98 Å². The molecule has 0 fully saturated rings. The lowest BCUT2D eigenvalue weighted by Gasteiger charge is -2.10. The summed E-state index contributed by atoms with van der Waals surface area (Å²) < 4.78 is 5.82. The van der Waals surface area contributed by atoms with Gasteiger partial charge in [-0.1, -0.05) is 48.0 Å². The predicted octanol–water partition coefficient (Wildman–Crippen LogP) is 5.93. The molecule has 0 aliphatic rings. The minimum absolute atomic E-state index is 0.584. The van der Waals surface area contributed by atoms with Gasteiger partial charge in [-0.2, -0.15) is 4.98 Å². The summed E-state index contributed by atoms with van der Waals surface area (Å²) in [7, 11) is 0. The molecule has 0 spiro atoms. The summed E-state index contributed by atoms with van der Waals surface area (Å²) in [5.41, 5.74) is 3.36. The van der Waals surface area contributed by atoms with Crippen LogP contribution in [0, 0.1) is 6.92 Å². The molecule has 5 nitrogen and oxygen atoms in total. The van der Waals surface area contributed by atoms with Crippen LogP contribution in [0.2, 0.25) is 0 Å². The summed E-state index contributed by atoms with van der Waals surface area (Å²) in [6.07, 6.45) is 1.74. The zero-order valence-corrected chi connectivity index (χ0v) is 16.2. The number of para-hydroxylation sites is 1. The molecular formula is C24H22N4O. The third-order valence-corrected chi connectivity index (χ3v) is 4.29. The number of rotatable bonds is 7. The van der Waals surface area contributed by atoms with E-state index < -0.39 is 0 Å². The van der Waals surface area contributed by atoms with Gasteiger partial charge in [0.1, 0.15) is 17.3 Å². The van der Waals surface area contributed by atoms with Gasteiger partial charge in [0.25, 0.3) is 0 Å². The largest absolute Gasteiger partial charge is 0.457 e. The van der Waals surface area contributed by atoms with Crippen LogP contribution in [0.25, 0.3) is 0 Å². The topological polar surface area (TPSA) is 59.1 Å². The molecule has 29 heavy (non-hydrogen) atoms. The Morgan fingerprint density at radius 1 is 0.828 bits per heavy atom. The van der Waals surface area contributed by atoms with Crippen LogP contribution in [0.3, 0.4) is 0 Å². The van der Waals surface area contributed by atoms with Gasteiger partial charge in [-0.3, -0.25) is 0 Å². The van der Waals surface area contributed by atoms with Crippen molar-refractivity contribution in [3.63, 3.8) is 0 Å². The van der Waals surface area contributed by atoms with Gasteiger partial charge in [0, 0.05) is 18.4 Å². The molecule has 0 aliphatic carbocycles. The molecule has 5 heteroatoms. The van der Waals surface area contributed by atoms with E-state index in [-0.39, 0.29) is 0 Å². The number of ether oxygens (including phenoxy) is 1. The van der Waals surface area contributed by atoms with Gasteiger partial charge in [0.15, 0.2) is 0 Å². The van der Waals surface area contributed by atoms with Crippen LogP contribution in [0.5, 0.6) is 11.5 Å². The Balaban J connectivity index is 1.37. The maximum Gasteiger partial charge on any atom is 0.224 e. The molecule has 4 rings (SSSR count). The van der Waals surface area contributed by atoms with E-state index in [2.05, 4.69) is 51.8 Å². The smallest absolute Gasteiger partial charge is 0.224 e. The molecule has 144 valence electrons. The van der Waals surface area contributed by atoms with E-state index in [0.29, 0.717) is 12.5 Å². The van der Waals surface area contributed by atoms with E-state index in [1.165, 1.54) is 11.1 Å². The number of hydrogen-bond donors (Lipinski definition) is 2. The Labute approximate surface area is 170 Å². The highest BCUT2D eigenvalue weighted by molar-refractivity contribution is 5.58. The van der Waals surface area contributed by atoms with Gasteiger partial charge in [0.05, 0.1) is 0 Å². The van der Waals surface area contributed by atoms with Crippen molar-refractivity contribution in [2.24, 2.45) is 0 Å². The molecule has 0 saturated carbocycles. The fourth-order valence-corrected chi connectivity index (χ4v) is 2.90. The van der Waals surface area contributed by atoms with Gasteiger partial charge in [0.2, 0.25) is 5.95 Å². The lowest BCUT2D eigenvalue weighted by Crippen LogP contribution is -2.05. The molecule has 0 radical (unpaired) electrons. The number of hydrogen-bond acceptors (Lipinski definition) is 5. The molecular weight excluding hydrogens is 360 g/mol. The zero-order valence-electron chi connectivity index (χ0n) is 16.2. The first-order valence-electron chi connectivity index (χ1n) is 9.47. The molecule has 0 unspecified atom stereocenters. The molecule has 3 aromatic carbocycles. The van der Waals surface area contributed by atoms with E-state index in [0.717, 1.165) is 23.0 Å². The first-order valence-corrected chi connectivity index (χ1v) is 9.47. The van der Waals surface area contributed by atoms with Crippen LogP contribution >= 0.6 is 0 Å². The van der Waals surface area contributed by atoms with E-state index in [9.17, 15) is 0 Å². The van der Waals surface area contributed by atoms with Crippen molar-refractivity contribution < 1.29 is 4.74 Å². The molecule has 1 heterocycles. The zero-order chi connectivity index (χ0) is 19.9. The molecule has 0 atom stereocenters. The van der Waals surface area contributed by atoms with E-state index in [1.807, 2.05) is 60.7 Å². The van der Waals surface area contributed by atoms with Gasteiger partial charge >= 0.3 is 0 Å². The van der Waals surface area contributed by atoms with Crippen molar-refractivity contribution in [3.8, 4) is 11.5 Å². The second-order valence-electron chi connectivity index (χ2n) is 6.67. The average Bonchev–Trinajstić information content (AvgIpc) is 2.75. The van der Waals surface area contributed by atoms with Crippen LogP contribution in [0.1, 0.15) is 11.1 Å². The van der Waals surface area contributed by atoms with Crippen molar-refractivity contribution in [2.45, 2.75) is 13.5 Å². The SMILES string of the molecule is Cc1cccc(CNc2nccc(Nc3ccc(Oc4ccccc4)cc3)n2)c1. The van der Waals surface area contributed by atoms with Crippen LogP contribution in [0.15, 0.2) is 91.1 Å². The summed E-state index contributed by atoms with van der Waals surface area (Å²) in [5.74, 6) is 2.90. The number of nitrogens with one attached hydrogen (secondary N) is 2. The summed E-state index contributed by atoms with van der Waals surface area (Å²) in [6, 6.07) is 27.7. The lowest BCUT2D eigenvalue weighted by molar-refractivity contribution is 0.483. The summed E-state index contributed by atoms with van der Waals surface area (Å²) in [4.78, 5) is 8.83. The standard InChI is InChI=1S/C24H22N4O/c1-18-6-5-7-19(16-18)17-26-24-25-15-14-23(28-24)27-20-10-12-22(13-11-20)29-21-8-3-2-4-9-21/h2-16H,17H2,1H3,(H2,25,26,27,28). The van der Waals surface area contributed by atoms with Crippen LogP contribution in [-0.2, 0) is 6.54 Å². The fraction of sp³-hybridized carbons (Fsp3) is 0.0833. The fourth-order valence-electron chi connectivity index (χ4n) is 2.90. The Kier molecular flexibility index (Phi) is 5.67. The van der Waals surface area contributed by atoms with Gasteiger partial charge in [-0.15, -0.1) is 0 Å². The maximum atomic E-state index is 5.82. The number of benzene rings is 3. The second-order valence-corrected chi connectivity index (χ2v) is 6.67. The summed E-state index contributed by atoms with van der Waals surface area (Å²) in [5, 5.41) is 6.56. The van der Waals surface area contributed by atoms with Gasteiger partial charge < -0.3 is 15.4 Å².